The molecule has 3 atom stereocenters. The van der Waals surface area contributed by atoms with Crippen LogP contribution < -0.4 is 25.8 Å². The normalized spacial score (nSPS) is 22.0. The Morgan fingerprint density at radius 2 is 1.96 bits per heavy atom. The molecule has 0 radical (unpaired) electrons. The number of H-pyrrole nitrogens is 1. The number of thioether (sulfide) groups is 1. The Bertz CT molecular complexity index is 2270. The average molecular weight is 683 g/mol. The van der Waals surface area contributed by atoms with Crippen molar-refractivity contribution in [3.8, 4) is 11.8 Å². The third kappa shape index (κ3) is 5.51. The molecule has 1 aliphatic carbocycles. The molecule has 244 valence electrons. The summed E-state index contributed by atoms with van der Waals surface area (Å²) in [5.74, 6) is 5.26. The van der Waals surface area contributed by atoms with Crippen LogP contribution in [0.15, 0.2) is 91.2 Å². The van der Waals surface area contributed by atoms with Gasteiger partial charge in [-0.3, -0.25) is 19.1 Å². The van der Waals surface area contributed by atoms with Gasteiger partial charge in [0.05, 0.1) is 23.4 Å². The van der Waals surface area contributed by atoms with Gasteiger partial charge in [-0.1, -0.05) is 52.8 Å². The topological polar surface area (TPSA) is 152 Å². The number of aromatic nitrogens is 3. The minimum Gasteiger partial charge on any atom is -0.871 e. The first-order chi connectivity index (χ1) is 23.2. The molecule has 11 nitrogen and oxygen atoms in total. The van der Waals surface area contributed by atoms with Crippen molar-refractivity contribution in [2.75, 3.05) is 18.1 Å². The molecule has 13 heteroatoms. The molecule has 0 spiro atoms. The molecule has 0 bridgehead atoms. The second kappa shape index (κ2) is 12.7. The summed E-state index contributed by atoms with van der Waals surface area (Å²) in [6.07, 6.45) is 2.10. The summed E-state index contributed by atoms with van der Waals surface area (Å²) >= 11 is 2.98. The van der Waals surface area contributed by atoms with E-state index in [4.69, 9.17) is 4.74 Å². The molecule has 2 aliphatic heterocycles. The molecule has 4 heterocycles. The van der Waals surface area contributed by atoms with Crippen molar-refractivity contribution in [3.63, 3.8) is 0 Å². The fraction of sp³-hybridized carbons (Fsp3) is 0.257. The zero-order chi connectivity index (χ0) is 33.7. The number of aliphatic hydroxyl groups excluding tert-OH is 2. The van der Waals surface area contributed by atoms with E-state index < -0.39 is 36.3 Å². The van der Waals surface area contributed by atoms with E-state index in [1.54, 1.807) is 23.9 Å². The van der Waals surface area contributed by atoms with Crippen LogP contribution in [-0.2, 0) is 16.1 Å². The van der Waals surface area contributed by atoms with E-state index in [1.807, 2.05) is 60.9 Å². The maximum atomic E-state index is 13.2. The van der Waals surface area contributed by atoms with Crippen molar-refractivity contribution in [1.82, 2.24) is 9.55 Å². The fourth-order valence-electron chi connectivity index (χ4n) is 6.02. The number of aromatic amines is 1. The minimum absolute atomic E-state index is 0.0337. The molecular formula is C35H30N4O7S2. The van der Waals surface area contributed by atoms with Gasteiger partial charge in [-0.2, -0.15) is 4.57 Å². The Labute approximate surface area is 282 Å². The van der Waals surface area contributed by atoms with Gasteiger partial charge in [-0.25, -0.2) is 4.79 Å². The van der Waals surface area contributed by atoms with E-state index in [0.29, 0.717) is 18.7 Å². The summed E-state index contributed by atoms with van der Waals surface area (Å²) in [6, 6.07) is 13.6. The van der Waals surface area contributed by atoms with E-state index in [-0.39, 0.29) is 34.7 Å². The Morgan fingerprint density at radius 3 is 2.69 bits per heavy atom. The predicted octanol–water partition coefficient (Wildman–Crippen LogP) is 2.15. The molecule has 2 aromatic heterocycles. The van der Waals surface area contributed by atoms with E-state index in [2.05, 4.69) is 21.7 Å². The van der Waals surface area contributed by atoms with Crippen LogP contribution in [0.25, 0.3) is 16.3 Å². The number of allylic oxidation sites excluding steroid dienone is 3. The van der Waals surface area contributed by atoms with Crippen LogP contribution >= 0.6 is 23.1 Å². The van der Waals surface area contributed by atoms with Gasteiger partial charge in [0.25, 0.3) is 10.6 Å². The SMILES string of the molecule is CCN1/C(=C/C2=C([O-])C(=C/c3sc4cc(C#Cc5cn([C@H]6C[C@H](O)[C@@H](CO)O6)c(=O)[nH]c5=O)ccc4[n+]3CC)/C2=O)Sc2ccccc21. The van der Waals surface area contributed by atoms with Gasteiger partial charge in [0.15, 0.2) is 5.78 Å². The number of benzene rings is 2. The molecule has 3 aliphatic rings. The number of rotatable bonds is 6. The molecule has 3 N–H and O–H groups in total. The molecule has 1 fully saturated rings. The number of fused-ring (bicyclic) bond motifs is 2. The van der Waals surface area contributed by atoms with E-state index >= 15 is 0 Å². The van der Waals surface area contributed by atoms with E-state index in [9.17, 15) is 29.7 Å². The number of aliphatic hydroxyl groups is 2. The molecular weight excluding hydrogens is 653 g/mol. The van der Waals surface area contributed by atoms with Crippen LogP contribution in [0, 0.1) is 11.8 Å². The lowest BCUT2D eigenvalue weighted by molar-refractivity contribution is -0.665. The monoisotopic (exact) mass is 682 g/mol. The molecule has 1 saturated heterocycles. The Hall–Kier alpha value is -4.71. The maximum Gasteiger partial charge on any atom is 0.330 e. The molecule has 0 unspecified atom stereocenters. The first-order valence-corrected chi connectivity index (χ1v) is 17.1. The standard InChI is InChI=1S/C35H30N4O7S2/c1-3-37-23-7-5-6-8-27(23)47-30(37)14-21-32(42)22(33(21)43)15-31-38(4-2)24-12-10-19(13-28(24)48-31)9-11-20-17-39(35(45)36-34(20)44)29-16-25(41)26(18-40)46-29/h5-8,10,12-15,17,25-26,29,40-41H,3-4,16,18H2,1-2H3,(H-,36,42,43,44,45)/t25-,26+,29+/m0/s1. The lowest BCUT2D eigenvalue weighted by Gasteiger charge is -2.29. The van der Waals surface area contributed by atoms with Gasteiger partial charge >= 0.3 is 5.69 Å². The molecule has 0 saturated carbocycles. The fourth-order valence-corrected chi connectivity index (χ4v) is 8.40. The Balaban J connectivity index is 1.16. The zero-order valence-electron chi connectivity index (χ0n) is 25.9. The second-order valence-corrected chi connectivity index (χ2v) is 13.5. The molecule has 0 amide bonds. The van der Waals surface area contributed by atoms with Crippen LogP contribution in [0.4, 0.5) is 5.69 Å². The zero-order valence-corrected chi connectivity index (χ0v) is 27.6. The van der Waals surface area contributed by atoms with Crippen LogP contribution in [-0.4, -0.2) is 50.9 Å². The number of Topliss-reactive ketones (excluding diaryl/α,β-unsaturated/α-hetero) is 1. The lowest BCUT2D eigenvalue weighted by atomic mass is 9.88. The molecule has 2 aromatic carbocycles. The third-order valence-electron chi connectivity index (χ3n) is 8.52. The number of anilines is 1. The Morgan fingerprint density at radius 1 is 1.15 bits per heavy atom. The summed E-state index contributed by atoms with van der Waals surface area (Å²) < 4.78 is 9.63. The summed E-state index contributed by atoms with van der Waals surface area (Å²) in [4.78, 5) is 43.6. The number of carbonyl (C=O) groups excluding carboxylic acids is 1. The number of ether oxygens (including phenoxy) is 1. The highest BCUT2D eigenvalue weighted by atomic mass is 32.2. The average Bonchev–Trinajstić information content (AvgIpc) is 3.76. The number of aryl methyl sites for hydroxylation is 1. The number of hydrogen-bond donors (Lipinski definition) is 3. The van der Waals surface area contributed by atoms with Crippen LogP contribution in [0.2, 0.25) is 0 Å². The summed E-state index contributed by atoms with van der Waals surface area (Å²) in [7, 11) is 0. The smallest absolute Gasteiger partial charge is 0.330 e. The third-order valence-corrected chi connectivity index (χ3v) is 10.7. The highest BCUT2D eigenvalue weighted by Crippen LogP contribution is 2.47. The van der Waals surface area contributed by atoms with Gasteiger partial charge < -0.3 is 25.0 Å². The van der Waals surface area contributed by atoms with Crippen LogP contribution in [0.5, 0.6) is 0 Å². The maximum absolute atomic E-state index is 13.2. The highest BCUT2D eigenvalue weighted by Gasteiger charge is 2.35. The van der Waals surface area contributed by atoms with Crippen molar-refractivity contribution in [3.05, 3.63) is 114 Å². The van der Waals surface area contributed by atoms with Crippen molar-refractivity contribution in [2.45, 2.75) is 50.1 Å². The number of carbonyl (C=O) groups is 1. The van der Waals surface area contributed by atoms with Crippen LogP contribution in [0.1, 0.15) is 42.6 Å². The first-order valence-electron chi connectivity index (χ1n) is 15.4. The second-order valence-electron chi connectivity index (χ2n) is 11.4. The number of nitrogens with zero attached hydrogens (tertiary/aromatic N) is 3. The number of hydrogen-bond acceptors (Lipinski definition) is 10. The van der Waals surface area contributed by atoms with Gasteiger partial charge in [0.2, 0.25) is 5.52 Å². The van der Waals surface area contributed by atoms with Gasteiger partial charge in [0, 0.05) is 52.9 Å². The van der Waals surface area contributed by atoms with Crippen LogP contribution in [0.3, 0.4) is 0 Å². The molecule has 4 aromatic rings. The van der Waals surface area contributed by atoms with Crippen molar-refractivity contribution in [2.24, 2.45) is 0 Å². The lowest BCUT2D eigenvalue weighted by Crippen LogP contribution is -2.35. The van der Waals surface area contributed by atoms with Gasteiger partial charge in [0.1, 0.15) is 29.1 Å². The van der Waals surface area contributed by atoms with E-state index in [1.165, 1.54) is 17.5 Å². The number of nitrogens with one attached hydrogen (secondary N) is 1. The highest BCUT2D eigenvalue weighted by molar-refractivity contribution is 8.03. The van der Waals surface area contributed by atoms with Gasteiger partial charge in [-0.15, -0.1) is 0 Å². The van der Waals surface area contributed by atoms with Gasteiger partial charge in [-0.05, 0) is 44.2 Å². The predicted molar refractivity (Wildman–Crippen MR) is 180 cm³/mol. The Kier molecular flexibility index (Phi) is 8.44. The molecule has 48 heavy (non-hydrogen) atoms. The molecule has 7 rings (SSSR count). The summed E-state index contributed by atoms with van der Waals surface area (Å²) in [5.41, 5.74) is 1.60. The summed E-state index contributed by atoms with van der Waals surface area (Å²) in [5, 5.41) is 34.3. The number of thiazole rings is 1. The number of ketones is 1. The van der Waals surface area contributed by atoms with Crippen molar-refractivity contribution >= 4 is 50.9 Å². The van der Waals surface area contributed by atoms with Crippen molar-refractivity contribution < 1.29 is 29.4 Å². The number of para-hydroxylation sites is 1. The largest absolute Gasteiger partial charge is 0.871 e. The minimum atomic E-state index is -0.948. The summed E-state index contributed by atoms with van der Waals surface area (Å²) in [6.45, 7) is 4.95. The van der Waals surface area contributed by atoms with E-state index in [0.717, 1.165) is 35.4 Å². The quantitative estimate of drug-likeness (QED) is 0.158. The first kappa shape index (κ1) is 31.9. The van der Waals surface area contributed by atoms with Crippen molar-refractivity contribution in [1.29, 1.82) is 0 Å².